The van der Waals surface area contributed by atoms with Crippen LogP contribution < -0.4 is 10.1 Å². The third-order valence-electron chi connectivity index (χ3n) is 3.42. The summed E-state index contributed by atoms with van der Waals surface area (Å²) in [5.41, 5.74) is 2.17. The van der Waals surface area contributed by atoms with Crippen LogP contribution in [-0.4, -0.2) is 13.2 Å². The molecule has 0 spiro atoms. The van der Waals surface area contributed by atoms with Gasteiger partial charge in [0.2, 0.25) is 0 Å². The van der Waals surface area contributed by atoms with Gasteiger partial charge < -0.3 is 10.1 Å². The van der Waals surface area contributed by atoms with Crippen molar-refractivity contribution in [3.05, 3.63) is 57.0 Å². The van der Waals surface area contributed by atoms with Gasteiger partial charge in [0.25, 0.3) is 0 Å². The molecule has 2 rings (SSSR count). The first-order valence-electron chi connectivity index (χ1n) is 7.39. The van der Waals surface area contributed by atoms with Gasteiger partial charge in [0.15, 0.2) is 0 Å². The van der Waals surface area contributed by atoms with Crippen LogP contribution in [0.1, 0.15) is 26.3 Å². The van der Waals surface area contributed by atoms with Crippen LogP contribution in [0.25, 0.3) is 0 Å². The molecule has 1 N–H and O–H groups in total. The summed E-state index contributed by atoms with van der Waals surface area (Å²) in [5.74, 6) is 0.847. The summed E-state index contributed by atoms with van der Waals surface area (Å²) in [7, 11) is 0. The van der Waals surface area contributed by atoms with Gasteiger partial charge in [-0.3, -0.25) is 0 Å². The molecule has 5 heteroatoms. The summed E-state index contributed by atoms with van der Waals surface area (Å²) >= 11 is 18.0. The van der Waals surface area contributed by atoms with Crippen LogP contribution in [0.3, 0.4) is 0 Å². The summed E-state index contributed by atoms with van der Waals surface area (Å²) in [5, 5.41) is 4.63. The van der Waals surface area contributed by atoms with E-state index in [0.717, 1.165) is 11.4 Å². The molecule has 0 aliphatic heterocycles. The molecule has 0 saturated heterocycles. The second kappa shape index (κ2) is 7.65. The second-order valence-electron chi connectivity index (χ2n) is 6.30. The van der Waals surface area contributed by atoms with E-state index < -0.39 is 0 Å². The predicted molar refractivity (Wildman–Crippen MR) is 101 cm³/mol. The Hall–Kier alpha value is -1.09. The number of benzene rings is 2. The number of anilines is 1. The molecule has 0 heterocycles. The molecule has 0 aliphatic rings. The Kier molecular flexibility index (Phi) is 6.07. The standard InChI is InChI=1S/C18H20Cl3NO/c1-18(2,3)12-4-6-13(7-5-12)23-9-8-22-17-11-15(20)14(19)10-16(17)21/h4-7,10-11,22H,8-9H2,1-3H3. The van der Waals surface area contributed by atoms with Gasteiger partial charge in [0, 0.05) is 6.54 Å². The van der Waals surface area contributed by atoms with Crippen molar-refractivity contribution in [2.75, 3.05) is 18.5 Å². The molecule has 0 fully saturated rings. The van der Waals surface area contributed by atoms with Gasteiger partial charge >= 0.3 is 0 Å². The fourth-order valence-corrected chi connectivity index (χ4v) is 2.68. The zero-order valence-electron chi connectivity index (χ0n) is 13.4. The molecule has 2 aromatic carbocycles. The molecule has 0 amide bonds. The van der Waals surface area contributed by atoms with Crippen LogP contribution in [0.4, 0.5) is 5.69 Å². The first kappa shape index (κ1) is 18.3. The molecule has 23 heavy (non-hydrogen) atoms. The number of ether oxygens (including phenoxy) is 1. The first-order chi connectivity index (χ1) is 10.8. The highest BCUT2D eigenvalue weighted by molar-refractivity contribution is 6.44. The number of rotatable bonds is 5. The lowest BCUT2D eigenvalue weighted by Crippen LogP contribution is -2.13. The quantitative estimate of drug-likeness (QED) is 0.482. The molecule has 0 atom stereocenters. The maximum Gasteiger partial charge on any atom is 0.119 e. The molecule has 124 valence electrons. The molecule has 0 aliphatic carbocycles. The fraction of sp³-hybridized carbons (Fsp3) is 0.333. The topological polar surface area (TPSA) is 21.3 Å². The minimum Gasteiger partial charge on any atom is -0.492 e. The normalized spacial score (nSPS) is 11.4. The van der Waals surface area contributed by atoms with Crippen LogP contribution in [0, 0.1) is 0 Å². The molecule has 0 saturated carbocycles. The number of hydrogen-bond acceptors (Lipinski definition) is 2. The summed E-state index contributed by atoms with van der Waals surface area (Å²) in [4.78, 5) is 0. The average molecular weight is 373 g/mol. The average Bonchev–Trinajstić information content (AvgIpc) is 2.48. The van der Waals surface area contributed by atoms with E-state index in [1.54, 1.807) is 12.1 Å². The number of hydrogen-bond donors (Lipinski definition) is 1. The van der Waals surface area contributed by atoms with Gasteiger partial charge in [-0.1, -0.05) is 67.7 Å². The Labute approximate surface area is 152 Å². The highest BCUT2D eigenvalue weighted by atomic mass is 35.5. The van der Waals surface area contributed by atoms with Crippen molar-refractivity contribution in [3.8, 4) is 5.75 Å². The molecule has 2 aromatic rings. The molecule has 0 radical (unpaired) electrons. The highest BCUT2D eigenvalue weighted by Gasteiger charge is 2.12. The van der Waals surface area contributed by atoms with Gasteiger partial charge in [0.1, 0.15) is 12.4 Å². The van der Waals surface area contributed by atoms with Crippen LogP contribution in [-0.2, 0) is 5.41 Å². The zero-order valence-corrected chi connectivity index (χ0v) is 15.7. The summed E-state index contributed by atoms with van der Waals surface area (Å²) in [6.45, 7) is 7.69. The van der Waals surface area contributed by atoms with Crippen LogP contribution >= 0.6 is 34.8 Å². The molecule has 0 aromatic heterocycles. The lowest BCUT2D eigenvalue weighted by atomic mass is 9.87. The van der Waals surface area contributed by atoms with Gasteiger partial charge in [-0.25, -0.2) is 0 Å². The van der Waals surface area contributed by atoms with E-state index in [2.05, 4.69) is 38.2 Å². The predicted octanol–water partition coefficient (Wildman–Crippen LogP) is 6.44. The Morgan fingerprint density at radius 3 is 2.13 bits per heavy atom. The Balaban J connectivity index is 1.85. The second-order valence-corrected chi connectivity index (χ2v) is 7.52. The van der Waals surface area contributed by atoms with E-state index in [4.69, 9.17) is 39.5 Å². The maximum absolute atomic E-state index is 6.11. The third kappa shape index (κ3) is 5.20. The molecular formula is C18H20Cl3NO. The smallest absolute Gasteiger partial charge is 0.119 e. The van der Waals surface area contributed by atoms with E-state index >= 15 is 0 Å². The SMILES string of the molecule is CC(C)(C)c1ccc(OCCNc2cc(Cl)c(Cl)cc2Cl)cc1. The van der Waals surface area contributed by atoms with E-state index in [9.17, 15) is 0 Å². The van der Waals surface area contributed by atoms with Gasteiger partial charge in [-0.15, -0.1) is 0 Å². The third-order valence-corrected chi connectivity index (χ3v) is 4.45. The van der Waals surface area contributed by atoms with Crippen molar-refractivity contribution >= 4 is 40.5 Å². The molecule has 2 nitrogen and oxygen atoms in total. The monoisotopic (exact) mass is 371 g/mol. The molecular weight excluding hydrogens is 353 g/mol. The van der Waals surface area contributed by atoms with Crippen molar-refractivity contribution in [2.24, 2.45) is 0 Å². The van der Waals surface area contributed by atoms with E-state index in [0.29, 0.717) is 28.2 Å². The Morgan fingerprint density at radius 1 is 0.913 bits per heavy atom. The number of nitrogens with one attached hydrogen (secondary N) is 1. The Morgan fingerprint density at radius 2 is 1.52 bits per heavy atom. The van der Waals surface area contributed by atoms with Crippen LogP contribution in [0.15, 0.2) is 36.4 Å². The molecule has 0 unspecified atom stereocenters. The largest absolute Gasteiger partial charge is 0.492 e. The highest BCUT2D eigenvalue weighted by Crippen LogP contribution is 2.32. The number of halogens is 3. The summed E-state index contributed by atoms with van der Waals surface area (Å²) in [6, 6.07) is 11.5. The maximum atomic E-state index is 6.11. The lowest BCUT2D eigenvalue weighted by Gasteiger charge is -2.19. The van der Waals surface area contributed by atoms with Crippen molar-refractivity contribution in [2.45, 2.75) is 26.2 Å². The minimum atomic E-state index is 0.144. The fourth-order valence-electron chi connectivity index (χ4n) is 2.06. The zero-order chi connectivity index (χ0) is 17.0. The van der Waals surface area contributed by atoms with Crippen LogP contribution in [0.2, 0.25) is 15.1 Å². The van der Waals surface area contributed by atoms with Crippen molar-refractivity contribution in [1.82, 2.24) is 0 Å². The minimum absolute atomic E-state index is 0.144. The lowest BCUT2D eigenvalue weighted by molar-refractivity contribution is 0.332. The van der Waals surface area contributed by atoms with Crippen molar-refractivity contribution < 1.29 is 4.74 Å². The van der Waals surface area contributed by atoms with E-state index in [-0.39, 0.29) is 5.41 Å². The summed E-state index contributed by atoms with van der Waals surface area (Å²) < 4.78 is 5.72. The van der Waals surface area contributed by atoms with E-state index in [1.165, 1.54) is 5.56 Å². The molecule has 0 bridgehead atoms. The Bertz CT molecular complexity index is 663. The van der Waals surface area contributed by atoms with E-state index in [1.807, 2.05) is 12.1 Å². The van der Waals surface area contributed by atoms with Gasteiger partial charge in [0.05, 0.1) is 20.8 Å². The van der Waals surface area contributed by atoms with Crippen molar-refractivity contribution in [3.63, 3.8) is 0 Å². The van der Waals surface area contributed by atoms with Crippen LogP contribution in [0.5, 0.6) is 5.75 Å². The van der Waals surface area contributed by atoms with Crippen molar-refractivity contribution in [1.29, 1.82) is 0 Å². The summed E-state index contributed by atoms with van der Waals surface area (Å²) in [6.07, 6.45) is 0. The van der Waals surface area contributed by atoms with Gasteiger partial charge in [-0.05, 0) is 35.2 Å². The van der Waals surface area contributed by atoms with Gasteiger partial charge in [-0.2, -0.15) is 0 Å². The first-order valence-corrected chi connectivity index (χ1v) is 8.52.